The van der Waals surface area contributed by atoms with Crippen molar-refractivity contribution in [3.8, 4) is 0 Å². The Kier molecular flexibility index (Phi) is 4.18. The molecule has 0 aromatic carbocycles. The number of carbonyl (C=O) groups excluding carboxylic acids is 1. The molecule has 0 aromatic heterocycles. The maximum Gasteiger partial charge on any atom is 0.401 e. The first-order valence-corrected chi connectivity index (χ1v) is 5.36. The normalized spacial score (nSPS) is 26.2. The van der Waals surface area contributed by atoms with Gasteiger partial charge in [0.15, 0.2) is 0 Å². The van der Waals surface area contributed by atoms with Crippen LogP contribution in [0.4, 0.5) is 13.2 Å². The van der Waals surface area contributed by atoms with Crippen LogP contribution in [-0.4, -0.2) is 42.7 Å². The van der Waals surface area contributed by atoms with Crippen LogP contribution in [0.2, 0.25) is 0 Å². The maximum atomic E-state index is 11.8. The standard InChI is InChI=1S/C10H17F3N2O/c1-7-3-8(2)15(5-7)9(16)4-14-6-10(11,12)13/h7-8,14H,3-6H2,1-2H3. The average Bonchev–Trinajstić information content (AvgIpc) is 2.43. The lowest BCUT2D eigenvalue weighted by atomic mass is 10.1. The largest absolute Gasteiger partial charge is 0.401 e. The van der Waals surface area contributed by atoms with Crippen molar-refractivity contribution in [3.05, 3.63) is 0 Å². The number of hydrogen-bond acceptors (Lipinski definition) is 2. The minimum absolute atomic E-state index is 0.134. The summed E-state index contributed by atoms with van der Waals surface area (Å²) < 4.78 is 35.5. The van der Waals surface area contributed by atoms with Gasteiger partial charge in [-0.25, -0.2) is 0 Å². The molecular weight excluding hydrogens is 221 g/mol. The fraction of sp³-hybridized carbons (Fsp3) is 0.900. The van der Waals surface area contributed by atoms with Crippen molar-refractivity contribution in [2.75, 3.05) is 19.6 Å². The number of hydrogen-bond donors (Lipinski definition) is 1. The molecule has 1 N–H and O–H groups in total. The molecule has 0 saturated carbocycles. The lowest BCUT2D eigenvalue weighted by molar-refractivity contribution is -0.134. The molecule has 1 aliphatic heterocycles. The third kappa shape index (κ3) is 4.00. The van der Waals surface area contributed by atoms with Crippen LogP contribution < -0.4 is 5.32 Å². The molecule has 0 aromatic rings. The number of carbonyl (C=O) groups is 1. The molecule has 2 atom stereocenters. The molecule has 1 heterocycles. The fourth-order valence-electron chi connectivity index (χ4n) is 2.06. The van der Waals surface area contributed by atoms with Gasteiger partial charge in [0.25, 0.3) is 0 Å². The Morgan fingerprint density at radius 2 is 2.06 bits per heavy atom. The molecule has 1 rings (SSSR count). The topological polar surface area (TPSA) is 32.3 Å². The molecule has 0 bridgehead atoms. The van der Waals surface area contributed by atoms with Crippen molar-refractivity contribution >= 4 is 5.91 Å². The summed E-state index contributed by atoms with van der Waals surface area (Å²) in [7, 11) is 0. The van der Waals surface area contributed by atoms with Gasteiger partial charge in [-0.05, 0) is 19.3 Å². The predicted octanol–water partition coefficient (Wildman–Crippen LogP) is 1.40. The first-order chi connectivity index (χ1) is 7.29. The average molecular weight is 238 g/mol. The molecule has 2 unspecified atom stereocenters. The summed E-state index contributed by atoms with van der Waals surface area (Å²) in [6.07, 6.45) is -3.34. The molecule has 3 nitrogen and oxygen atoms in total. The van der Waals surface area contributed by atoms with E-state index in [1.807, 2.05) is 13.8 Å². The zero-order valence-corrected chi connectivity index (χ0v) is 9.47. The monoisotopic (exact) mass is 238 g/mol. The Labute approximate surface area is 93.0 Å². The highest BCUT2D eigenvalue weighted by Crippen LogP contribution is 2.22. The van der Waals surface area contributed by atoms with Crippen molar-refractivity contribution in [3.63, 3.8) is 0 Å². The lowest BCUT2D eigenvalue weighted by Crippen LogP contribution is -2.42. The second kappa shape index (κ2) is 5.03. The second-order valence-electron chi connectivity index (χ2n) is 4.45. The van der Waals surface area contributed by atoms with Crippen molar-refractivity contribution < 1.29 is 18.0 Å². The van der Waals surface area contributed by atoms with Crippen molar-refractivity contribution in [1.29, 1.82) is 0 Å². The van der Waals surface area contributed by atoms with Gasteiger partial charge in [-0.2, -0.15) is 13.2 Å². The van der Waals surface area contributed by atoms with Crippen LogP contribution in [0.15, 0.2) is 0 Å². The number of nitrogens with zero attached hydrogens (tertiary/aromatic N) is 1. The molecule has 1 amide bonds. The second-order valence-corrected chi connectivity index (χ2v) is 4.45. The highest BCUT2D eigenvalue weighted by atomic mass is 19.4. The van der Waals surface area contributed by atoms with E-state index in [1.54, 1.807) is 4.90 Å². The van der Waals surface area contributed by atoms with E-state index < -0.39 is 12.7 Å². The van der Waals surface area contributed by atoms with E-state index in [2.05, 4.69) is 5.32 Å². The van der Waals surface area contributed by atoms with Gasteiger partial charge in [0.1, 0.15) is 0 Å². The summed E-state index contributed by atoms with van der Waals surface area (Å²) in [6.45, 7) is 3.25. The van der Waals surface area contributed by atoms with Crippen LogP contribution in [0.1, 0.15) is 20.3 Å². The number of likely N-dealkylation sites (tertiary alicyclic amines) is 1. The number of halogens is 3. The van der Waals surface area contributed by atoms with Gasteiger partial charge >= 0.3 is 6.18 Å². The third-order valence-electron chi connectivity index (χ3n) is 2.71. The van der Waals surface area contributed by atoms with Gasteiger partial charge in [-0.1, -0.05) is 6.92 Å². The number of amides is 1. The molecule has 0 aliphatic carbocycles. The van der Waals surface area contributed by atoms with E-state index >= 15 is 0 Å². The zero-order valence-electron chi connectivity index (χ0n) is 9.47. The molecule has 6 heteroatoms. The van der Waals surface area contributed by atoms with Crippen LogP contribution in [-0.2, 0) is 4.79 Å². The van der Waals surface area contributed by atoms with Gasteiger partial charge in [0.2, 0.25) is 5.91 Å². The van der Waals surface area contributed by atoms with Crippen LogP contribution in [0.25, 0.3) is 0 Å². The lowest BCUT2D eigenvalue weighted by Gasteiger charge is -2.21. The minimum Gasteiger partial charge on any atom is -0.339 e. The van der Waals surface area contributed by atoms with Crippen molar-refractivity contribution in [2.24, 2.45) is 5.92 Å². The van der Waals surface area contributed by atoms with Crippen molar-refractivity contribution in [2.45, 2.75) is 32.5 Å². The van der Waals surface area contributed by atoms with E-state index in [-0.39, 0.29) is 18.5 Å². The number of nitrogens with one attached hydrogen (secondary N) is 1. The van der Waals surface area contributed by atoms with Gasteiger partial charge in [-0.3, -0.25) is 4.79 Å². The van der Waals surface area contributed by atoms with Crippen LogP contribution in [0.3, 0.4) is 0 Å². The fourth-order valence-corrected chi connectivity index (χ4v) is 2.06. The Morgan fingerprint density at radius 3 is 2.50 bits per heavy atom. The molecule has 94 valence electrons. The molecule has 1 saturated heterocycles. The minimum atomic E-state index is -4.26. The quantitative estimate of drug-likeness (QED) is 0.806. The van der Waals surface area contributed by atoms with E-state index in [9.17, 15) is 18.0 Å². The summed E-state index contributed by atoms with van der Waals surface area (Å²) in [5.41, 5.74) is 0. The summed E-state index contributed by atoms with van der Waals surface area (Å²) in [5.74, 6) is 0.183. The van der Waals surface area contributed by atoms with Gasteiger partial charge in [0.05, 0.1) is 13.1 Å². The summed E-state index contributed by atoms with van der Waals surface area (Å²) in [5, 5.41) is 2.12. The zero-order chi connectivity index (χ0) is 12.3. The van der Waals surface area contributed by atoms with Crippen LogP contribution in [0, 0.1) is 5.92 Å². The molecule has 1 fully saturated rings. The molecule has 1 aliphatic rings. The summed E-state index contributed by atoms with van der Waals surface area (Å²) in [6, 6.07) is 0.134. The van der Waals surface area contributed by atoms with E-state index in [1.165, 1.54) is 0 Å². The maximum absolute atomic E-state index is 11.8. The molecule has 0 spiro atoms. The smallest absolute Gasteiger partial charge is 0.339 e. The van der Waals surface area contributed by atoms with Crippen LogP contribution in [0.5, 0.6) is 0 Å². The SMILES string of the molecule is CC1CC(C)N(C(=O)CNCC(F)(F)F)C1. The van der Waals surface area contributed by atoms with Gasteiger partial charge in [-0.15, -0.1) is 0 Å². The molecule has 16 heavy (non-hydrogen) atoms. The Bertz CT molecular complexity index is 255. The van der Waals surface area contributed by atoms with Gasteiger partial charge < -0.3 is 10.2 Å². The number of rotatable bonds is 3. The first-order valence-electron chi connectivity index (χ1n) is 5.36. The van der Waals surface area contributed by atoms with Gasteiger partial charge in [0, 0.05) is 12.6 Å². The highest BCUT2D eigenvalue weighted by Gasteiger charge is 2.31. The summed E-state index contributed by atoms with van der Waals surface area (Å²) in [4.78, 5) is 13.2. The Hall–Kier alpha value is -0.780. The van der Waals surface area contributed by atoms with E-state index in [0.29, 0.717) is 12.5 Å². The molecule has 0 radical (unpaired) electrons. The summed E-state index contributed by atoms with van der Waals surface area (Å²) >= 11 is 0. The van der Waals surface area contributed by atoms with E-state index in [4.69, 9.17) is 0 Å². The van der Waals surface area contributed by atoms with E-state index in [0.717, 1.165) is 6.42 Å². The first kappa shape index (κ1) is 13.3. The Balaban J connectivity index is 2.30. The Morgan fingerprint density at radius 1 is 1.44 bits per heavy atom. The number of alkyl halides is 3. The highest BCUT2D eigenvalue weighted by molar-refractivity contribution is 5.78. The van der Waals surface area contributed by atoms with Crippen molar-refractivity contribution in [1.82, 2.24) is 10.2 Å². The van der Waals surface area contributed by atoms with Crippen LogP contribution >= 0.6 is 0 Å². The molecular formula is C10H17F3N2O. The third-order valence-corrected chi connectivity index (χ3v) is 2.71. The predicted molar refractivity (Wildman–Crippen MR) is 53.9 cm³/mol.